The number of carbonyl (C=O) groups excluding carboxylic acids is 2. The molecule has 0 aliphatic heterocycles. The predicted molar refractivity (Wildman–Crippen MR) is 115 cm³/mol. The first kappa shape index (κ1) is 28.1. The number of hydrogen-bond donors (Lipinski definition) is 2. The summed E-state index contributed by atoms with van der Waals surface area (Å²) in [6, 6.07) is 5.58. The van der Waals surface area contributed by atoms with E-state index in [0.29, 0.717) is 0 Å². The van der Waals surface area contributed by atoms with Gasteiger partial charge in [0.1, 0.15) is 0 Å². The van der Waals surface area contributed by atoms with Gasteiger partial charge in [0.2, 0.25) is 11.7 Å². The zero-order chi connectivity index (χ0) is 24.4. The largest absolute Gasteiger partial charge is 0.428 e. The van der Waals surface area contributed by atoms with Crippen LogP contribution < -0.4 is 11.5 Å². The van der Waals surface area contributed by atoms with Crippen LogP contribution in [0.4, 0.5) is 9.59 Å². The highest BCUT2D eigenvalue weighted by Crippen LogP contribution is 2.63. The lowest BCUT2D eigenvalue weighted by Crippen LogP contribution is -2.20. The van der Waals surface area contributed by atoms with E-state index in [1.807, 2.05) is 0 Å². The summed E-state index contributed by atoms with van der Waals surface area (Å²) in [6.07, 6.45) is -2.38. The molecule has 1 rings (SSSR count). The lowest BCUT2D eigenvalue weighted by molar-refractivity contribution is 0.108. The molecular weight excluding hydrogens is 466 g/mol. The van der Waals surface area contributed by atoms with E-state index >= 15 is 0 Å². The van der Waals surface area contributed by atoms with Crippen molar-refractivity contribution in [2.75, 3.05) is 26.4 Å². The fourth-order valence-electron chi connectivity index (χ4n) is 2.74. The van der Waals surface area contributed by atoms with Crippen LogP contribution in [0.5, 0.6) is 0 Å². The maximum absolute atomic E-state index is 13.2. The van der Waals surface area contributed by atoms with Crippen molar-refractivity contribution in [1.82, 2.24) is 0 Å². The van der Waals surface area contributed by atoms with Crippen molar-refractivity contribution in [3.05, 3.63) is 35.4 Å². The molecule has 0 saturated carbocycles. The van der Waals surface area contributed by atoms with Crippen molar-refractivity contribution in [3.63, 3.8) is 0 Å². The Bertz CT molecular complexity index is 760. The number of ether oxygens (including phenoxy) is 2. The highest BCUT2D eigenvalue weighted by atomic mass is 31.2. The lowest BCUT2D eigenvalue weighted by atomic mass is 10.1. The van der Waals surface area contributed by atoms with Crippen molar-refractivity contribution < 1.29 is 46.3 Å². The monoisotopic (exact) mass is 496 g/mol. The number of primary amides is 2. The Labute approximate surface area is 186 Å². The topological polar surface area (TPSA) is 176 Å². The van der Waals surface area contributed by atoms with Gasteiger partial charge in [-0.3, -0.25) is 9.13 Å². The van der Waals surface area contributed by atoms with Gasteiger partial charge in [-0.1, -0.05) is 24.3 Å². The van der Waals surface area contributed by atoms with Crippen LogP contribution >= 0.6 is 15.2 Å². The Morgan fingerprint density at radius 3 is 1.12 bits per heavy atom. The van der Waals surface area contributed by atoms with Gasteiger partial charge in [-0.05, 0) is 27.7 Å². The fraction of sp³-hybridized carbons (Fsp3) is 0.556. The zero-order valence-electron chi connectivity index (χ0n) is 18.4. The Balaban J connectivity index is 3.45. The molecule has 0 radical (unpaired) electrons. The van der Waals surface area contributed by atoms with Gasteiger partial charge in [0.15, 0.2) is 0 Å². The van der Waals surface area contributed by atoms with Crippen LogP contribution in [0.2, 0.25) is 0 Å². The molecule has 182 valence electrons. The molecule has 32 heavy (non-hydrogen) atoms. The Morgan fingerprint density at radius 1 is 0.688 bits per heavy atom. The van der Waals surface area contributed by atoms with Gasteiger partial charge >= 0.3 is 27.4 Å². The van der Waals surface area contributed by atoms with Gasteiger partial charge < -0.3 is 39.0 Å². The van der Waals surface area contributed by atoms with Crippen molar-refractivity contribution in [2.24, 2.45) is 11.5 Å². The van der Waals surface area contributed by atoms with E-state index in [9.17, 15) is 18.7 Å². The molecule has 0 aliphatic rings. The average molecular weight is 496 g/mol. The van der Waals surface area contributed by atoms with E-state index in [-0.39, 0.29) is 37.6 Å². The Hall–Kier alpha value is -1.94. The first-order chi connectivity index (χ1) is 15.1. The van der Waals surface area contributed by atoms with E-state index in [4.69, 9.17) is 39.0 Å². The highest BCUT2D eigenvalue weighted by molar-refractivity contribution is 7.54. The van der Waals surface area contributed by atoms with Crippen LogP contribution in [0.1, 0.15) is 50.5 Å². The molecule has 4 N–H and O–H groups in total. The Kier molecular flexibility index (Phi) is 11.4. The quantitative estimate of drug-likeness (QED) is 0.351. The first-order valence-electron chi connectivity index (χ1n) is 9.86. The summed E-state index contributed by atoms with van der Waals surface area (Å²) in [5, 5.41) is 0. The first-order valence-corrected chi connectivity index (χ1v) is 13.1. The van der Waals surface area contributed by atoms with Crippen LogP contribution in [0.15, 0.2) is 24.3 Å². The van der Waals surface area contributed by atoms with Gasteiger partial charge in [-0.15, -0.1) is 0 Å². The number of carbonyl (C=O) groups is 2. The zero-order valence-corrected chi connectivity index (χ0v) is 20.2. The molecule has 2 amide bonds. The second kappa shape index (κ2) is 12.9. The smallest absolute Gasteiger partial charge is 0.405 e. The summed E-state index contributed by atoms with van der Waals surface area (Å²) in [6.45, 7) is 6.48. The van der Waals surface area contributed by atoms with Crippen LogP contribution in [-0.2, 0) is 36.7 Å². The maximum Gasteiger partial charge on any atom is 0.405 e. The molecule has 0 aliphatic carbocycles. The van der Waals surface area contributed by atoms with E-state index in [1.54, 1.807) is 27.7 Å². The van der Waals surface area contributed by atoms with Crippen molar-refractivity contribution in [2.45, 2.75) is 39.4 Å². The molecule has 0 heterocycles. The molecule has 0 spiro atoms. The third-order valence-electron chi connectivity index (χ3n) is 3.77. The molecule has 0 fully saturated rings. The molecule has 0 aromatic heterocycles. The fourth-order valence-corrected chi connectivity index (χ4v) is 6.41. The third kappa shape index (κ3) is 7.58. The van der Waals surface area contributed by atoms with Crippen LogP contribution in [0.25, 0.3) is 0 Å². The molecule has 0 unspecified atom stereocenters. The van der Waals surface area contributed by atoms with Crippen LogP contribution in [0.3, 0.4) is 0 Å². The van der Waals surface area contributed by atoms with E-state index < -0.39 is 39.1 Å². The molecule has 14 heteroatoms. The van der Waals surface area contributed by atoms with E-state index in [1.165, 1.54) is 24.3 Å². The van der Waals surface area contributed by atoms with Gasteiger partial charge in [-0.2, -0.15) is 0 Å². The van der Waals surface area contributed by atoms with Gasteiger partial charge in [0, 0.05) is 11.1 Å². The number of hydrogen-bond acceptors (Lipinski definition) is 10. The number of rotatable bonds is 14. The van der Waals surface area contributed by atoms with Gasteiger partial charge in [0.05, 0.1) is 26.4 Å². The lowest BCUT2D eigenvalue weighted by Gasteiger charge is -2.27. The summed E-state index contributed by atoms with van der Waals surface area (Å²) in [4.78, 5) is 22.9. The standard InChI is InChI=1S/C18H30N2O10P2/c1-5-25-31(23,26-6-2)15(29-17(19)21)13-9-11-14(12-10-13)16(30-18(20)22)32(24,27-7-3)28-8-4/h9-12,15-16H,5-8H2,1-4H3,(H2,19,21)(H2,20,22)/t15-,16-/m1/s1. The highest BCUT2D eigenvalue weighted by Gasteiger charge is 2.42. The number of amides is 2. The van der Waals surface area contributed by atoms with Gasteiger partial charge in [-0.25, -0.2) is 9.59 Å². The van der Waals surface area contributed by atoms with Crippen molar-refractivity contribution in [3.8, 4) is 0 Å². The SMILES string of the molecule is CCOP(=O)(OCC)[C@@H](OC(N)=O)c1ccc([C@H](OC(N)=O)P(=O)(OCC)OCC)cc1. The van der Waals surface area contributed by atoms with E-state index in [2.05, 4.69) is 0 Å². The summed E-state index contributed by atoms with van der Waals surface area (Å²) < 4.78 is 57.5. The molecule has 1 aromatic carbocycles. The minimum Gasteiger partial charge on any atom is -0.428 e. The predicted octanol–water partition coefficient (Wildman–Crippen LogP) is 4.41. The molecule has 12 nitrogen and oxygen atoms in total. The summed E-state index contributed by atoms with van der Waals surface area (Å²) >= 11 is 0. The second-order valence-electron chi connectivity index (χ2n) is 6.00. The normalized spacial score (nSPS) is 13.9. The van der Waals surface area contributed by atoms with Crippen LogP contribution in [-0.4, -0.2) is 38.6 Å². The van der Waals surface area contributed by atoms with Gasteiger partial charge in [0.25, 0.3) is 0 Å². The molecule has 2 atom stereocenters. The number of benzene rings is 1. The second-order valence-corrected chi connectivity index (χ2v) is 10.1. The van der Waals surface area contributed by atoms with Crippen LogP contribution in [0, 0.1) is 0 Å². The number of nitrogens with two attached hydrogens (primary N) is 2. The molecule has 0 bridgehead atoms. The summed E-state index contributed by atoms with van der Waals surface area (Å²) in [7, 11) is -7.91. The molecular formula is C18H30N2O10P2. The minimum absolute atomic E-state index is 0.0222. The molecule has 0 saturated heterocycles. The average Bonchev–Trinajstić information content (AvgIpc) is 2.71. The third-order valence-corrected chi connectivity index (χ3v) is 8.20. The summed E-state index contributed by atoms with van der Waals surface area (Å²) in [5.74, 6) is -2.93. The van der Waals surface area contributed by atoms with Crippen molar-refractivity contribution >= 4 is 27.4 Å². The Morgan fingerprint density at radius 2 is 0.938 bits per heavy atom. The van der Waals surface area contributed by atoms with Crippen molar-refractivity contribution in [1.29, 1.82) is 0 Å². The van der Waals surface area contributed by atoms with E-state index in [0.717, 1.165) is 0 Å². The summed E-state index contributed by atoms with van der Waals surface area (Å²) in [5.41, 5.74) is 10.7. The minimum atomic E-state index is -3.95. The maximum atomic E-state index is 13.2. The molecule has 1 aromatic rings.